The summed E-state index contributed by atoms with van der Waals surface area (Å²) in [6.07, 6.45) is 0. The van der Waals surface area contributed by atoms with Gasteiger partial charge in [-0.2, -0.15) is 0 Å². The third-order valence-corrected chi connectivity index (χ3v) is 3.59. The largest absolute Gasteiger partial charge is 0.309 e. The van der Waals surface area contributed by atoms with Crippen molar-refractivity contribution in [2.75, 3.05) is 0 Å². The van der Waals surface area contributed by atoms with E-state index in [2.05, 4.69) is 83.4 Å². The highest BCUT2D eigenvalue weighted by Crippen LogP contribution is 2.31. The van der Waals surface area contributed by atoms with E-state index >= 15 is 0 Å². The maximum Gasteiger partial charge on any atom is 0.0541 e. The minimum Gasteiger partial charge on any atom is -0.309 e. The molecule has 0 saturated carbocycles. The van der Waals surface area contributed by atoms with Crippen LogP contribution in [0.2, 0.25) is 0 Å². The Labute approximate surface area is 125 Å². The lowest BCUT2D eigenvalue weighted by atomic mass is 10.2. The molecule has 1 aromatic heterocycles. The Bertz CT molecular complexity index is 803. The molecule has 0 unspecified atom stereocenters. The fourth-order valence-electron chi connectivity index (χ4n) is 2.78. The summed E-state index contributed by atoms with van der Waals surface area (Å²) in [4.78, 5) is 0. The van der Waals surface area contributed by atoms with Gasteiger partial charge in [0.2, 0.25) is 0 Å². The van der Waals surface area contributed by atoms with E-state index in [1.807, 2.05) is 13.8 Å². The number of hydrogen-bond donors (Lipinski definition) is 0. The molecule has 0 N–H and O–H groups in total. The van der Waals surface area contributed by atoms with Crippen molar-refractivity contribution in [3.63, 3.8) is 0 Å². The molecule has 1 heteroatoms. The molecule has 4 rings (SSSR count). The molecule has 0 aliphatic heterocycles. The van der Waals surface area contributed by atoms with Crippen LogP contribution in [0.5, 0.6) is 0 Å². The van der Waals surface area contributed by atoms with Crippen molar-refractivity contribution in [2.45, 2.75) is 13.8 Å². The molecule has 3 aromatic carbocycles. The van der Waals surface area contributed by atoms with Crippen LogP contribution in [0.4, 0.5) is 0 Å². The van der Waals surface area contributed by atoms with Crippen molar-refractivity contribution >= 4 is 21.8 Å². The van der Waals surface area contributed by atoms with Gasteiger partial charge in [-0.25, -0.2) is 0 Å². The normalized spacial score (nSPS) is 10.4. The maximum atomic E-state index is 2.32. The van der Waals surface area contributed by atoms with Gasteiger partial charge in [0, 0.05) is 16.5 Å². The van der Waals surface area contributed by atoms with Crippen molar-refractivity contribution in [3.05, 3.63) is 78.9 Å². The summed E-state index contributed by atoms with van der Waals surface area (Å²) in [6, 6.07) is 27.7. The summed E-state index contributed by atoms with van der Waals surface area (Å²) in [7, 11) is 0. The molecule has 0 radical (unpaired) electrons. The Morgan fingerprint density at radius 3 is 1.48 bits per heavy atom. The third-order valence-electron chi connectivity index (χ3n) is 3.59. The van der Waals surface area contributed by atoms with Gasteiger partial charge in [-0.05, 0) is 24.3 Å². The number of fused-ring (bicyclic) bond motifs is 3. The van der Waals surface area contributed by atoms with Gasteiger partial charge < -0.3 is 4.57 Å². The molecule has 0 saturated heterocycles. The second-order valence-electron chi connectivity index (χ2n) is 4.71. The summed E-state index contributed by atoms with van der Waals surface area (Å²) < 4.78 is 2.32. The van der Waals surface area contributed by atoms with Gasteiger partial charge in [0.15, 0.2) is 0 Å². The van der Waals surface area contributed by atoms with Gasteiger partial charge in [0.1, 0.15) is 0 Å². The van der Waals surface area contributed by atoms with Crippen LogP contribution < -0.4 is 0 Å². The molecule has 1 heterocycles. The van der Waals surface area contributed by atoms with E-state index in [4.69, 9.17) is 0 Å². The highest BCUT2D eigenvalue weighted by Gasteiger charge is 2.10. The molecule has 0 aliphatic carbocycles. The highest BCUT2D eigenvalue weighted by molar-refractivity contribution is 6.09. The minimum absolute atomic E-state index is 1.21. The molecule has 0 atom stereocenters. The number of aromatic nitrogens is 1. The van der Waals surface area contributed by atoms with E-state index in [-0.39, 0.29) is 0 Å². The molecular formula is C20H19N. The number of benzene rings is 3. The number of rotatable bonds is 1. The predicted molar refractivity (Wildman–Crippen MR) is 92.1 cm³/mol. The molecule has 0 fully saturated rings. The molecular weight excluding hydrogens is 254 g/mol. The van der Waals surface area contributed by atoms with Crippen LogP contribution in [0.15, 0.2) is 78.9 Å². The summed E-state index contributed by atoms with van der Waals surface area (Å²) in [5.41, 5.74) is 3.73. The fourth-order valence-corrected chi connectivity index (χ4v) is 2.78. The molecule has 0 aliphatic rings. The van der Waals surface area contributed by atoms with Crippen LogP contribution in [-0.2, 0) is 0 Å². The monoisotopic (exact) mass is 273 g/mol. The molecule has 1 nitrogen and oxygen atoms in total. The quantitative estimate of drug-likeness (QED) is 0.412. The van der Waals surface area contributed by atoms with Crippen molar-refractivity contribution in [1.82, 2.24) is 4.57 Å². The average molecular weight is 273 g/mol. The standard InChI is InChI=1S/C18H13N.C2H6/c1-2-8-14(9-3-1)19-17-12-6-4-10-15(17)16-11-5-7-13-18(16)19;1-2/h1-13H;1-2H3. The van der Waals surface area contributed by atoms with E-state index in [1.165, 1.54) is 27.5 Å². The van der Waals surface area contributed by atoms with Gasteiger partial charge in [0.25, 0.3) is 0 Å². The maximum absolute atomic E-state index is 2.32. The first-order chi connectivity index (χ1) is 10.4. The van der Waals surface area contributed by atoms with Crippen molar-refractivity contribution < 1.29 is 0 Å². The Kier molecular flexibility index (Phi) is 3.74. The summed E-state index contributed by atoms with van der Waals surface area (Å²) in [6.45, 7) is 4.00. The van der Waals surface area contributed by atoms with E-state index in [1.54, 1.807) is 0 Å². The van der Waals surface area contributed by atoms with E-state index in [0.717, 1.165) is 0 Å². The van der Waals surface area contributed by atoms with E-state index < -0.39 is 0 Å². The zero-order valence-electron chi connectivity index (χ0n) is 12.5. The van der Waals surface area contributed by atoms with Gasteiger partial charge in [0.05, 0.1) is 11.0 Å². The zero-order chi connectivity index (χ0) is 14.7. The molecule has 21 heavy (non-hydrogen) atoms. The second-order valence-corrected chi connectivity index (χ2v) is 4.71. The SMILES string of the molecule is CC.c1ccc(-n2c3ccccc3c3ccccc32)cc1. The lowest BCUT2D eigenvalue weighted by Gasteiger charge is -2.06. The van der Waals surface area contributed by atoms with Crippen LogP contribution in [0.1, 0.15) is 13.8 Å². The molecule has 0 amide bonds. The average Bonchev–Trinajstić information content (AvgIpc) is 2.92. The Hall–Kier alpha value is -2.54. The van der Waals surface area contributed by atoms with Gasteiger partial charge in [-0.3, -0.25) is 0 Å². The van der Waals surface area contributed by atoms with Crippen LogP contribution in [0.25, 0.3) is 27.5 Å². The molecule has 104 valence electrons. The Morgan fingerprint density at radius 2 is 0.952 bits per heavy atom. The zero-order valence-corrected chi connectivity index (χ0v) is 12.5. The van der Waals surface area contributed by atoms with Crippen LogP contribution in [-0.4, -0.2) is 4.57 Å². The van der Waals surface area contributed by atoms with Crippen LogP contribution in [0.3, 0.4) is 0 Å². The summed E-state index contributed by atoms with van der Waals surface area (Å²) >= 11 is 0. The minimum atomic E-state index is 1.21. The first-order valence-electron chi connectivity index (χ1n) is 7.49. The second kappa shape index (κ2) is 5.84. The predicted octanol–water partition coefficient (Wildman–Crippen LogP) is 5.81. The number of hydrogen-bond acceptors (Lipinski definition) is 0. The molecule has 0 bridgehead atoms. The number of para-hydroxylation sites is 3. The Balaban J connectivity index is 0.000000636. The lowest BCUT2D eigenvalue weighted by molar-refractivity contribution is 1.18. The van der Waals surface area contributed by atoms with Gasteiger partial charge >= 0.3 is 0 Å². The fraction of sp³-hybridized carbons (Fsp3) is 0.100. The van der Waals surface area contributed by atoms with Gasteiger partial charge in [-0.1, -0.05) is 68.4 Å². The summed E-state index contributed by atoms with van der Waals surface area (Å²) in [5.74, 6) is 0. The van der Waals surface area contributed by atoms with Crippen molar-refractivity contribution in [3.8, 4) is 5.69 Å². The number of nitrogens with zero attached hydrogens (tertiary/aromatic N) is 1. The van der Waals surface area contributed by atoms with Crippen LogP contribution >= 0.6 is 0 Å². The Morgan fingerprint density at radius 1 is 0.524 bits per heavy atom. The van der Waals surface area contributed by atoms with Crippen LogP contribution in [0, 0.1) is 0 Å². The topological polar surface area (TPSA) is 4.93 Å². The van der Waals surface area contributed by atoms with Crippen molar-refractivity contribution in [1.29, 1.82) is 0 Å². The highest BCUT2D eigenvalue weighted by atomic mass is 15.0. The lowest BCUT2D eigenvalue weighted by Crippen LogP contribution is -1.92. The molecule has 4 aromatic rings. The van der Waals surface area contributed by atoms with Crippen molar-refractivity contribution in [2.24, 2.45) is 0 Å². The van der Waals surface area contributed by atoms with Gasteiger partial charge in [-0.15, -0.1) is 0 Å². The third kappa shape index (κ3) is 2.21. The smallest absolute Gasteiger partial charge is 0.0541 e. The summed E-state index contributed by atoms with van der Waals surface area (Å²) in [5, 5.41) is 2.61. The van der Waals surface area contributed by atoms with E-state index in [0.29, 0.717) is 0 Å². The van der Waals surface area contributed by atoms with E-state index in [9.17, 15) is 0 Å². The first-order valence-corrected chi connectivity index (χ1v) is 7.49. The molecule has 0 spiro atoms. The first kappa shape index (κ1) is 13.4.